The van der Waals surface area contributed by atoms with Crippen LogP contribution in [0.25, 0.3) is 0 Å². The zero-order chi connectivity index (χ0) is 19.8. The van der Waals surface area contributed by atoms with Gasteiger partial charge in [0.1, 0.15) is 11.5 Å². The maximum Gasteiger partial charge on any atom is 0.303 e. The van der Waals surface area contributed by atoms with Gasteiger partial charge in [0.25, 0.3) is 5.91 Å². The van der Waals surface area contributed by atoms with Crippen LogP contribution in [0.1, 0.15) is 23.2 Å². The summed E-state index contributed by atoms with van der Waals surface area (Å²) >= 11 is 0. The molecule has 0 aliphatic carbocycles. The average molecular weight is 372 g/mol. The highest BCUT2D eigenvalue weighted by Gasteiger charge is 2.16. The summed E-state index contributed by atoms with van der Waals surface area (Å²) in [4.78, 5) is 35.1. The molecular weight excluding hydrogens is 352 g/mol. The number of amides is 2. The minimum Gasteiger partial charge on any atom is -0.497 e. The largest absolute Gasteiger partial charge is 0.497 e. The molecule has 27 heavy (non-hydrogen) atoms. The number of carboxylic acids is 1. The van der Waals surface area contributed by atoms with Crippen molar-refractivity contribution in [2.45, 2.75) is 12.8 Å². The van der Waals surface area contributed by atoms with E-state index in [1.807, 2.05) is 0 Å². The number of nitrogens with one attached hydrogen (secondary N) is 2. The zero-order valence-electron chi connectivity index (χ0n) is 14.9. The molecule has 0 atom stereocenters. The van der Waals surface area contributed by atoms with Crippen molar-refractivity contribution in [2.24, 2.45) is 0 Å². The lowest BCUT2D eigenvalue weighted by Crippen LogP contribution is -2.19. The van der Waals surface area contributed by atoms with E-state index in [4.69, 9.17) is 14.6 Å². The standard InChI is InChI=1S/C19H20N2O6/c1-26-12-7-8-15(16(11-12)27-2)21-19(25)13-5-3-4-6-14(13)20-17(22)9-10-18(23)24/h3-8,11H,9-10H2,1-2H3,(H,20,22)(H,21,25)(H,23,24). The fourth-order valence-corrected chi connectivity index (χ4v) is 2.31. The Bertz CT molecular complexity index is 850. The number of ether oxygens (including phenoxy) is 2. The van der Waals surface area contributed by atoms with Crippen molar-refractivity contribution in [1.82, 2.24) is 0 Å². The second-order valence-corrected chi connectivity index (χ2v) is 5.51. The van der Waals surface area contributed by atoms with E-state index in [1.54, 1.807) is 42.5 Å². The molecule has 3 N–H and O–H groups in total. The summed E-state index contributed by atoms with van der Waals surface area (Å²) in [5.41, 5.74) is 0.965. The van der Waals surface area contributed by atoms with Crippen molar-refractivity contribution in [3.05, 3.63) is 48.0 Å². The molecule has 0 aliphatic rings. The van der Waals surface area contributed by atoms with Gasteiger partial charge in [0, 0.05) is 12.5 Å². The highest BCUT2D eigenvalue weighted by atomic mass is 16.5. The maximum atomic E-state index is 12.7. The van der Waals surface area contributed by atoms with Crippen LogP contribution in [-0.2, 0) is 9.59 Å². The number of carbonyl (C=O) groups is 3. The number of carbonyl (C=O) groups excluding carboxylic acids is 2. The maximum absolute atomic E-state index is 12.7. The second kappa shape index (κ2) is 9.23. The van der Waals surface area contributed by atoms with Gasteiger partial charge in [-0.1, -0.05) is 12.1 Å². The van der Waals surface area contributed by atoms with Gasteiger partial charge in [0.2, 0.25) is 5.91 Å². The van der Waals surface area contributed by atoms with Crippen LogP contribution in [0.5, 0.6) is 11.5 Å². The molecular formula is C19H20N2O6. The van der Waals surface area contributed by atoms with Gasteiger partial charge in [-0.05, 0) is 24.3 Å². The summed E-state index contributed by atoms with van der Waals surface area (Å²) in [6.45, 7) is 0. The Hall–Kier alpha value is -3.55. The fraction of sp³-hybridized carbons (Fsp3) is 0.211. The van der Waals surface area contributed by atoms with Gasteiger partial charge in [0.15, 0.2) is 0 Å². The Labute approximate surface area is 156 Å². The lowest BCUT2D eigenvalue weighted by atomic mass is 10.1. The van der Waals surface area contributed by atoms with Crippen molar-refractivity contribution in [1.29, 1.82) is 0 Å². The number of hydrogen-bond donors (Lipinski definition) is 3. The van der Waals surface area contributed by atoms with Crippen LogP contribution in [0, 0.1) is 0 Å². The lowest BCUT2D eigenvalue weighted by Gasteiger charge is -2.14. The topological polar surface area (TPSA) is 114 Å². The third-order valence-corrected chi connectivity index (χ3v) is 3.67. The Morgan fingerprint density at radius 2 is 1.67 bits per heavy atom. The van der Waals surface area contributed by atoms with Gasteiger partial charge < -0.3 is 25.2 Å². The third-order valence-electron chi connectivity index (χ3n) is 3.67. The first kappa shape index (κ1) is 19.8. The molecule has 2 rings (SSSR count). The molecule has 2 amide bonds. The van der Waals surface area contributed by atoms with Crippen LogP contribution in [0.15, 0.2) is 42.5 Å². The van der Waals surface area contributed by atoms with Crippen molar-refractivity contribution in [2.75, 3.05) is 24.9 Å². The van der Waals surface area contributed by atoms with E-state index in [0.29, 0.717) is 17.2 Å². The fourth-order valence-electron chi connectivity index (χ4n) is 2.31. The summed E-state index contributed by atoms with van der Waals surface area (Å²) in [5.74, 6) is -1.00. The molecule has 0 bridgehead atoms. The van der Waals surface area contributed by atoms with Gasteiger partial charge in [-0.2, -0.15) is 0 Å². The Balaban J connectivity index is 2.17. The second-order valence-electron chi connectivity index (χ2n) is 5.51. The molecule has 0 spiro atoms. The molecule has 0 saturated heterocycles. The molecule has 0 aliphatic heterocycles. The number of aliphatic carboxylic acids is 1. The molecule has 0 radical (unpaired) electrons. The highest BCUT2D eigenvalue weighted by Crippen LogP contribution is 2.30. The molecule has 142 valence electrons. The monoisotopic (exact) mass is 372 g/mol. The lowest BCUT2D eigenvalue weighted by molar-refractivity contribution is -0.138. The molecule has 8 heteroatoms. The quantitative estimate of drug-likeness (QED) is 0.656. The van der Waals surface area contributed by atoms with Crippen LogP contribution >= 0.6 is 0 Å². The average Bonchev–Trinajstić information content (AvgIpc) is 2.67. The van der Waals surface area contributed by atoms with Crippen molar-refractivity contribution in [3.63, 3.8) is 0 Å². The summed E-state index contributed by atoms with van der Waals surface area (Å²) in [7, 11) is 3.00. The minimum absolute atomic E-state index is 0.183. The van der Waals surface area contributed by atoms with E-state index in [2.05, 4.69) is 10.6 Å². The SMILES string of the molecule is COc1ccc(NC(=O)c2ccccc2NC(=O)CCC(=O)O)c(OC)c1. The first-order chi connectivity index (χ1) is 12.9. The van der Waals surface area contributed by atoms with E-state index in [-0.39, 0.29) is 24.1 Å². The first-order valence-corrected chi connectivity index (χ1v) is 8.08. The van der Waals surface area contributed by atoms with Gasteiger partial charge >= 0.3 is 5.97 Å². The zero-order valence-corrected chi connectivity index (χ0v) is 14.9. The van der Waals surface area contributed by atoms with E-state index < -0.39 is 17.8 Å². The Morgan fingerprint density at radius 1 is 0.926 bits per heavy atom. The minimum atomic E-state index is -1.07. The van der Waals surface area contributed by atoms with Crippen molar-refractivity contribution >= 4 is 29.2 Å². The molecule has 0 unspecified atom stereocenters. The van der Waals surface area contributed by atoms with Crippen LogP contribution in [0.4, 0.5) is 11.4 Å². The van der Waals surface area contributed by atoms with E-state index in [9.17, 15) is 14.4 Å². The van der Waals surface area contributed by atoms with E-state index >= 15 is 0 Å². The van der Waals surface area contributed by atoms with Crippen LogP contribution < -0.4 is 20.1 Å². The molecule has 8 nitrogen and oxygen atoms in total. The van der Waals surface area contributed by atoms with E-state index in [1.165, 1.54) is 14.2 Å². The van der Waals surface area contributed by atoms with Gasteiger partial charge in [0.05, 0.1) is 37.6 Å². The molecule has 2 aromatic carbocycles. The van der Waals surface area contributed by atoms with Crippen LogP contribution in [0.2, 0.25) is 0 Å². The number of rotatable bonds is 8. The number of benzene rings is 2. The van der Waals surface area contributed by atoms with Crippen LogP contribution in [0.3, 0.4) is 0 Å². The smallest absolute Gasteiger partial charge is 0.303 e. The summed E-state index contributed by atoms with van der Waals surface area (Å²) in [6.07, 6.45) is -0.471. The predicted octanol–water partition coefficient (Wildman–Crippen LogP) is 2.76. The third kappa shape index (κ3) is 5.46. The number of anilines is 2. The summed E-state index contributed by atoms with van der Waals surface area (Å²) < 4.78 is 10.4. The normalized spacial score (nSPS) is 10.0. The van der Waals surface area contributed by atoms with Gasteiger partial charge in [-0.25, -0.2) is 0 Å². The number of carboxylic acid groups (broad SMARTS) is 1. The molecule has 0 aromatic heterocycles. The van der Waals surface area contributed by atoms with Crippen molar-refractivity contribution in [3.8, 4) is 11.5 Å². The highest BCUT2D eigenvalue weighted by molar-refractivity contribution is 6.10. The number of para-hydroxylation sites is 1. The van der Waals surface area contributed by atoms with E-state index in [0.717, 1.165) is 0 Å². The number of hydrogen-bond acceptors (Lipinski definition) is 5. The van der Waals surface area contributed by atoms with Crippen molar-refractivity contribution < 1.29 is 29.0 Å². The predicted molar refractivity (Wildman–Crippen MR) is 99.4 cm³/mol. The van der Waals surface area contributed by atoms with Crippen LogP contribution in [-0.4, -0.2) is 37.1 Å². The Morgan fingerprint density at radius 3 is 2.33 bits per heavy atom. The summed E-state index contributed by atoms with van der Waals surface area (Å²) in [5, 5.41) is 14.0. The summed E-state index contributed by atoms with van der Waals surface area (Å²) in [6, 6.07) is 11.4. The molecule has 2 aromatic rings. The molecule has 0 heterocycles. The molecule has 0 saturated carbocycles. The van der Waals surface area contributed by atoms with Gasteiger partial charge in [-0.3, -0.25) is 14.4 Å². The number of methoxy groups -OCH3 is 2. The first-order valence-electron chi connectivity index (χ1n) is 8.08. The Kier molecular flexibility index (Phi) is 6.76. The van der Waals surface area contributed by atoms with Gasteiger partial charge in [-0.15, -0.1) is 0 Å². The molecule has 0 fully saturated rings.